The molecule has 1 N–H and O–H groups in total. The Hall–Kier alpha value is -3.17. The van der Waals surface area contributed by atoms with Crippen LogP contribution in [-0.2, 0) is 26.5 Å². The molecule has 7 nitrogen and oxygen atoms in total. The van der Waals surface area contributed by atoms with Crippen LogP contribution in [0.5, 0.6) is 0 Å². The van der Waals surface area contributed by atoms with Gasteiger partial charge in [0.05, 0.1) is 4.88 Å². The molecule has 3 aromatic rings. The molecule has 9 heteroatoms. The second kappa shape index (κ2) is 14.9. The minimum Gasteiger partial charge on any atom is -0.340 e. The number of aromatic nitrogens is 2. The second-order valence-electron chi connectivity index (χ2n) is 14.6. The molecule has 1 unspecified atom stereocenters. The zero-order valence-corrected chi connectivity index (χ0v) is 30.1. The summed E-state index contributed by atoms with van der Waals surface area (Å²) in [6.07, 6.45) is 18.9. The van der Waals surface area contributed by atoms with E-state index in [-0.39, 0.29) is 11.8 Å². The average Bonchev–Trinajstić information content (AvgIpc) is 3.57. The van der Waals surface area contributed by atoms with Gasteiger partial charge in [-0.05, 0) is 78.5 Å². The van der Waals surface area contributed by atoms with Crippen LogP contribution in [-0.4, -0.2) is 41.7 Å². The van der Waals surface area contributed by atoms with Crippen molar-refractivity contribution in [1.29, 1.82) is 0 Å². The highest BCUT2D eigenvalue weighted by atomic mass is 32.2. The summed E-state index contributed by atoms with van der Waals surface area (Å²) in [6, 6.07) is 9.77. The van der Waals surface area contributed by atoms with Crippen molar-refractivity contribution in [3.63, 3.8) is 0 Å². The third kappa shape index (κ3) is 9.05. The number of nitrogens with zero attached hydrogens (tertiary/aromatic N) is 2. The van der Waals surface area contributed by atoms with Gasteiger partial charge in [0.2, 0.25) is 9.84 Å². The quantitative estimate of drug-likeness (QED) is 0.232. The summed E-state index contributed by atoms with van der Waals surface area (Å²) in [5.74, 6) is 2.77. The predicted octanol–water partition coefficient (Wildman–Crippen LogP) is 8.20. The van der Waals surface area contributed by atoms with E-state index in [9.17, 15) is 18.0 Å². The van der Waals surface area contributed by atoms with Crippen molar-refractivity contribution in [2.75, 3.05) is 6.26 Å². The Balaban J connectivity index is 1.21. The Morgan fingerprint density at radius 1 is 0.936 bits per heavy atom. The van der Waals surface area contributed by atoms with Crippen molar-refractivity contribution in [2.45, 2.75) is 103 Å². The summed E-state index contributed by atoms with van der Waals surface area (Å²) in [4.78, 5) is 36.7. The summed E-state index contributed by atoms with van der Waals surface area (Å²) >= 11 is 1.34. The van der Waals surface area contributed by atoms with Crippen molar-refractivity contribution in [3.05, 3.63) is 75.7 Å². The number of benzene rings is 1. The van der Waals surface area contributed by atoms with Crippen molar-refractivity contribution >= 4 is 37.8 Å². The first-order chi connectivity index (χ1) is 22.3. The van der Waals surface area contributed by atoms with Gasteiger partial charge in [0.1, 0.15) is 6.04 Å². The molecule has 5 rings (SSSR count). The molecule has 2 aliphatic rings. The van der Waals surface area contributed by atoms with E-state index in [1.807, 2.05) is 42.7 Å². The smallest absolute Gasteiger partial charge is 0.268 e. The molecule has 0 radical (unpaired) electrons. The molecular formula is C38H49N3O4S2. The van der Waals surface area contributed by atoms with Crippen LogP contribution in [0.4, 0.5) is 0 Å². The summed E-state index contributed by atoms with van der Waals surface area (Å²) in [7, 11) is -4.02. The number of carbonyl (C=O) groups excluding carboxylic acids is 2. The molecule has 1 saturated carbocycles. The lowest BCUT2D eigenvalue weighted by atomic mass is 9.70. The van der Waals surface area contributed by atoms with Crippen LogP contribution < -0.4 is 5.32 Å². The summed E-state index contributed by atoms with van der Waals surface area (Å²) in [5.41, 5.74) is 3.83. The van der Waals surface area contributed by atoms with Gasteiger partial charge in [0.15, 0.2) is 5.82 Å². The SMILES string of the molecule is CCCC1CCC(C2CC=C(c3cnc(-c4ccc(C[C@H](NC(=O)c5ccc(C(C)(C)C)s5)C(=O)S(C)(=O)=O)cc4)nc3)CC2)CC1. The molecule has 2 aromatic heterocycles. The normalized spacial score (nSPS) is 21.1. The van der Waals surface area contributed by atoms with Crippen molar-refractivity contribution in [3.8, 4) is 11.4 Å². The topological polar surface area (TPSA) is 106 Å². The zero-order valence-electron chi connectivity index (χ0n) is 28.4. The Bertz CT molecular complexity index is 1680. The van der Waals surface area contributed by atoms with E-state index >= 15 is 0 Å². The molecule has 1 amide bonds. The molecule has 0 spiro atoms. The minimum atomic E-state index is -4.02. The maximum atomic E-state index is 13.0. The monoisotopic (exact) mass is 675 g/mol. The molecule has 0 aliphatic heterocycles. The zero-order chi connectivity index (χ0) is 33.8. The van der Waals surface area contributed by atoms with E-state index in [2.05, 4.69) is 49.1 Å². The standard InChI is InChI=1S/C38H49N3O4S2/c1-6-7-25-8-12-27(13-9-25)28-16-18-29(19-17-28)31-23-39-35(40-24-31)30-14-10-26(11-15-30)22-32(37(43)47(5,44)45)41-36(42)33-20-21-34(46-33)38(2,3)4/h10-11,14-15,18,20-21,23-25,27-28,32H,6-9,12-13,16-17,19,22H2,1-5H3,(H,41,42)/t25?,27?,28?,32-/m0/s1. The molecule has 0 saturated heterocycles. The van der Waals surface area contributed by atoms with Gasteiger partial charge in [-0.25, -0.2) is 18.4 Å². The average molecular weight is 676 g/mol. The number of sulfone groups is 1. The van der Waals surface area contributed by atoms with Gasteiger partial charge in [-0.2, -0.15) is 0 Å². The summed E-state index contributed by atoms with van der Waals surface area (Å²) < 4.78 is 24.4. The first-order valence-electron chi connectivity index (χ1n) is 17.1. The predicted molar refractivity (Wildman–Crippen MR) is 191 cm³/mol. The minimum absolute atomic E-state index is 0.0462. The lowest BCUT2D eigenvalue weighted by molar-refractivity contribution is -0.113. The Kier molecular flexibility index (Phi) is 11.2. The van der Waals surface area contributed by atoms with E-state index < -0.39 is 26.9 Å². The molecule has 1 fully saturated rings. The number of thiophene rings is 1. The number of hydrogen-bond donors (Lipinski definition) is 1. The molecule has 47 heavy (non-hydrogen) atoms. The fourth-order valence-electron chi connectivity index (χ4n) is 7.11. The highest BCUT2D eigenvalue weighted by Gasteiger charge is 2.31. The van der Waals surface area contributed by atoms with E-state index in [0.29, 0.717) is 10.7 Å². The van der Waals surface area contributed by atoms with Crippen LogP contribution >= 0.6 is 11.3 Å². The van der Waals surface area contributed by atoms with Gasteiger partial charge in [-0.1, -0.05) is 83.7 Å². The molecule has 2 atom stereocenters. The first kappa shape index (κ1) is 35.1. The lowest BCUT2D eigenvalue weighted by Gasteiger charge is -2.35. The molecule has 2 heterocycles. The van der Waals surface area contributed by atoms with Crippen molar-refractivity contribution in [2.24, 2.45) is 17.8 Å². The molecule has 1 aromatic carbocycles. The maximum Gasteiger partial charge on any atom is 0.268 e. The van der Waals surface area contributed by atoms with E-state index in [0.717, 1.165) is 58.4 Å². The van der Waals surface area contributed by atoms with Gasteiger partial charge in [-0.15, -0.1) is 11.3 Å². The summed E-state index contributed by atoms with van der Waals surface area (Å²) in [5, 5.41) is 1.67. The number of carbonyl (C=O) groups is 2. The molecule has 2 aliphatic carbocycles. The highest BCUT2D eigenvalue weighted by Crippen LogP contribution is 2.42. The lowest BCUT2D eigenvalue weighted by Crippen LogP contribution is -2.44. The van der Waals surface area contributed by atoms with E-state index in [4.69, 9.17) is 0 Å². The Labute approximate surface area is 284 Å². The Morgan fingerprint density at radius 2 is 1.62 bits per heavy atom. The number of rotatable bonds is 10. The third-order valence-corrected chi connectivity index (χ3v) is 12.4. The number of amides is 1. The molecule has 252 valence electrons. The number of allylic oxidation sites excluding steroid dienone is 2. The molecule has 0 bridgehead atoms. The maximum absolute atomic E-state index is 13.0. The van der Waals surface area contributed by atoms with Gasteiger partial charge in [0, 0.05) is 41.1 Å². The number of nitrogens with one attached hydrogen (secondary N) is 1. The van der Waals surface area contributed by atoms with Crippen molar-refractivity contribution in [1.82, 2.24) is 15.3 Å². The summed E-state index contributed by atoms with van der Waals surface area (Å²) in [6.45, 7) is 8.47. The second-order valence-corrected chi connectivity index (χ2v) is 17.6. The number of hydrogen-bond acceptors (Lipinski definition) is 7. The van der Waals surface area contributed by atoms with Crippen LogP contribution in [0, 0.1) is 17.8 Å². The fourth-order valence-corrected chi connectivity index (χ4v) is 8.74. The van der Waals surface area contributed by atoms with Crippen LogP contribution in [0.25, 0.3) is 17.0 Å². The van der Waals surface area contributed by atoms with E-state index in [1.54, 1.807) is 6.07 Å². The highest BCUT2D eigenvalue weighted by molar-refractivity contribution is 8.05. The van der Waals surface area contributed by atoms with Crippen LogP contribution in [0.3, 0.4) is 0 Å². The van der Waals surface area contributed by atoms with Gasteiger partial charge < -0.3 is 5.32 Å². The van der Waals surface area contributed by atoms with Gasteiger partial charge in [0.25, 0.3) is 11.0 Å². The third-order valence-electron chi connectivity index (χ3n) is 9.91. The first-order valence-corrected chi connectivity index (χ1v) is 19.8. The molecular weight excluding hydrogens is 627 g/mol. The van der Waals surface area contributed by atoms with Crippen molar-refractivity contribution < 1.29 is 18.0 Å². The van der Waals surface area contributed by atoms with E-state index in [1.165, 1.54) is 61.9 Å². The van der Waals surface area contributed by atoms with Gasteiger partial charge >= 0.3 is 0 Å². The Morgan fingerprint density at radius 3 is 2.17 bits per heavy atom. The van der Waals surface area contributed by atoms with Gasteiger partial charge in [-0.3, -0.25) is 9.59 Å². The largest absolute Gasteiger partial charge is 0.340 e. The van der Waals surface area contributed by atoms with Crippen LogP contribution in [0.15, 0.2) is 54.9 Å². The van der Waals surface area contributed by atoms with Crippen LogP contribution in [0.1, 0.15) is 111 Å². The fraction of sp³-hybridized carbons (Fsp3) is 0.526. The van der Waals surface area contributed by atoms with Crippen LogP contribution in [0.2, 0.25) is 0 Å².